The van der Waals surface area contributed by atoms with Crippen LogP contribution >= 0.6 is 0 Å². The summed E-state index contributed by atoms with van der Waals surface area (Å²) in [4.78, 5) is 20.0. The number of nitrogens with zero attached hydrogens (tertiary/aromatic N) is 2. The summed E-state index contributed by atoms with van der Waals surface area (Å²) in [5.41, 5.74) is 0.783. The van der Waals surface area contributed by atoms with Gasteiger partial charge in [0.2, 0.25) is 11.8 Å². The smallest absolute Gasteiger partial charge is 0.242 e. The summed E-state index contributed by atoms with van der Waals surface area (Å²) in [5.74, 6) is 1.01. The lowest BCUT2D eigenvalue weighted by Crippen LogP contribution is -2.39. The molecule has 1 unspecified atom stereocenters. The average Bonchev–Trinajstić information content (AvgIpc) is 2.43. The second-order valence-electron chi connectivity index (χ2n) is 4.24. The third-order valence-corrected chi connectivity index (χ3v) is 2.67. The second kappa shape index (κ2) is 8.31. The lowest BCUT2D eigenvalue weighted by atomic mass is 10.2. The number of anilines is 1. The Balaban J connectivity index is 2.63. The van der Waals surface area contributed by atoms with Crippen molar-refractivity contribution in [1.82, 2.24) is 15.3 Å². The Bertz CT molecular complexity index is 440. The van der Waals surface area contributed by atoms with Crippen molar-refractivity contribution in [2.24, 2.45) is 0 Å². The molecule has 0 aromatic carbocycles. The fraction of sp³-hybridized carbons (Fsp3) is 0.615. The van der Waals surface area contributed by atoms with Gasteiger partial charge in [0.1, 0.15) is 18.2 Å². The van der Waals surface area contributed by atoms with E-state index in [9.17, 15) is 4.79 Å². The van der Waals surface area contributed by atoms with Gasteiger partial charge in [0, 0.05) is 13.7 Å². The quantitative estimate of drug-likeness (QED) is 0.684. The predicted molar refractivity (Wildman–Crippen MR) is 75.9 cm³/mol. The van der Waals surface area contributed by atoms with Crippen LogP contribution in [-0.2, 0) is 9.53 Å². The van der Waals surface area contributed by atoms with Crippen LogP contribution < -0.4 is 15.4 Å². The minimum Gasteiger partial charge on any atom is -0.478 e. The molecule has 1 amide bonds. The summed E-state index contributed by atoms with van der Waals surface area (Å²) in [7, 11) is 1.59. The SMILES string of the molecule is CCOc1ncnc(NC(C)C(=O)NCCOC)c1C. The number of nitrogens with one attached hydrogen (secondary N) is 2. The Hall–Kier alpha value is -1.89. The van der Waals surface area contributed by atoms with Crippen molar-refractivity contribution in [1.29, 1.82) is 0 Å². The average molecular weight is 282 g/mol. The molecule has 1 heterocycles. The molecule has 2 N–H and O–H groups in total. The number of methoxy groups -OCH3 is 1. The van der Waals surface area contributed by atoms with E-state index in [0.29, 0.717) is 31.5 Å². The standard InChI is InChI=1S/C13H22N4O3/c1-5-20-13-9(2)11(15-8-16-13)17-10(3)12(18)14-6-7-19-4/h8,10H,5-7H2,1-4H3,(H,14,18)(H,15,16,17). The zero-order valence-electron chi connectivity index (χ0n) is 12.4. The highest BCUT2D eigenvalue weighted by atomic mass is 16.5. The number of hydrogen-bond acceptors (Lipinski definition) is 6. The van der Waals surface area contributed by atoms with E-state index in [1.54, 1.807) is 14.0 Å². The molecule has 0 radical (unpaired) electrons. The molecule has 1 atom stereocenters. The monoisotopic (exact) mass is 282 g/mol. The van der Waals surface area contributed by atoms with Gasteiger partial charge < -0.3 is 20.1 Å². The van der Waals surface area contributed by atoms with Crippen molar-refractivity contribution >= 4 is 11.7 Å². The van der Waals surface area contributed by atoms with Crippen LogP contribution in [0.15, 0.2) is 6.33 Å². The molecule has 0 saturated heterocycles. The molecule has 1 aromatic heterocycles. The zero-order chi connectivity index (χ0) is 15.0. The van der Waals surface area contributed by atoms with Crippen LogP contribution in [0.5, 0.6) is 5.88 Å². The Morgan fingerprint density at radius 3 is 2.85 bits per heavy atom. The molecule has 0 bridgehead atoms. The van der Waals surface area contributed by atoms with Gasteiger partial charge >= 0.3 is 0 Å². The van der Waals surface area contributed by atoms with E-state index in [0.717, 1.165) is 5.56 Å². The number of carbonyl (C=O) groups is 1. The van der Waals surface area contributed by atoms with Gasteiger partial charge in [0.05, 0.1) is 18.8 Å². The molecule has 1 rings (SSSR count). The first kappa shape index (κ1) is 16.2. The third-order valence-electron chi connectivity index (χ3n) is 2.67. The van der Waals surface area contributed by atoms with Crippen LogP contribution in [0.4, 0.5) is 5.82 Å². The van der Waals surface area contributed by atoms with Gasteiger partial charge in [-0.3, -0.25) is 4.79 Å². The Morgan fingerprint density at radius 2 is 2.20 bits per heavy atom. The normalized spacial score (nSPS) is 11.8. The van der Waals surface area contributed by atoms with Gasteiger partial charge in [-0.1, -0.05) is 0 Å². The molecule has 0 fully saturated rings. The lowest BCUT2D eigenvalue weighted by molar-refractivity contribution is -0.121. The van der Waals surface area contributed by atoms with E-state index in [1.165, 1.54) is 6.33 Å². The number of hydrogen-bond donors (Lipinski definition) is 2. The van der Waals surface area contributed by atoms with E-state index in [2.05, 4.69) is 20.6 Å². The molecular formula is C13H22N4O3. The van der Waals surface area contributed by atoms with Crippen LogP contribution in [0, 0.1) is 6.92 Å². The minimum absolute atomic E-state index is 0.113. The van der Waals surface area contributed by atoms with Gasteiger partial charge in [-0.25, -0.2) is 9.97 Å². The van der Waals surface area contributed by atoms with Crippen molar-refractivity contribution in [3.63, 3.8) is 0 Å². The highest BCUT2D eigenvalue weighted by Crippen LogP contribution is 2.20. The molecule has 7 heteroatoms. The van der Waals surface area contributed by atoms with Crippen molar-refractivity contribution < 1.29 is 14.3 Å². The predicted octanol–water partition coefficient (Wildman–Crippen LogP) is 0.747. The Labute approximate surface area is 119 Å². The van der Waals surface area contributed by atoms with Crippen molar-refractivity contribution in [3.8, 4) is 5.88 Å². The number of amides is 1. The highest BCUT2D eigenvalue weighted by molar-refractivity contribution is 5.84. The van der Waals surface area contributed by atoms with Gasteiger partial charge in [-0.2, -0.15) is 0 Å². The van der Waals surface area contributed by atoms with Crippen LogP contribution in [0.2, 0.25) is 0 Å². The maximum absolute atomic E-state index is 11.8. The Morgan fingerprint density at radius 1 is 1.45 bits per heavy atom. The first-order chi connectivity index (χ1) is 9.60. The number of rotatable bonds is 8. The molecule has 20 heavy (non-hydrogen) atoms. The highest BCUT2D eigenvalue weighted by Gasteiger charge is 2.15. The van der Waals surface area contributed by atoms with E-state index in [-0.39, 0.29) is 5.91 Å². The van der Waals surface area contributed by atoms with Crippen LogP contribution in [0.1, 0.15) is 19.4 Å². The summed E-state index contributed by atoms with van der Waals surface area (Å²) >= 11 is 0. The molecule has 0 aliphatic heterocycles. The largest absolute Gasteiger partial charge is 0.478 e. The summed E-state index contributed by atoms with van der Waals surface area (Å²) < 4.78 is 10.3. The van der Waals surface area contributed by atoms with E-state index < -0.39 is 6.04 Å². The molecule has 112 valence electrons. The maximum Gasteiger partial charge on any atom is 0.242 e. The number of ether oxygens (including phenoxy) is 2. The van der Waals surface area contributed by atoms with Crippen LogP contribution in [0.3, 0.4) is 0 Å². The second-order valence-corrected chi connectivity index (χ2v) is 4.24. The summed E-state index contributed by atoms with van der Waals surface area (Å²) in [5, 5.41) is 5.81. The van der Waals surface area contributed by atoms with E-state index >= 15 is 0 Å². The minimum atomic E-state index is -0.407. The summed E-state index contributed by atoms with van der Waals surface area (Å²) in [6, 6.07) is -0.407. The van der Waals surface area contributed by atoms with Crippen molar-refractivity contribution in [2.45, 2.75) is 26.8 Å². The van der Waals surface area contributed by atoms with Gasteiger partial charge in [0.15, 0.2) is 0 Å². The van der Waals surface area contributed by atoms with Gasteiger partial charge in [-0.05, 0) is 20.8 Å². The first-order valence-electron chi connectivity index (χ1n) is 6.57. The molecule has 0 spiro atoms. The first-order valence-corrected chi connectivity index (χ1v) is 6.57. The lowest BCUT2D eigenvalue weighted by Gasteiger charge is -2.16. The van der Waals surface area contributed by atoms with Crippen molar-refractivity contribution in [2.75, 3.05) is 32.2 Å². The fourth-order valence-corrected chi connectivity index (χ4v) is 1.56. The van der Waals surface area contributed by atoms with E-state index in [1.807, 2.05) is 13.8 Å². The number of carbonyl (C=O) groups excluding carboxylic acids is 1. The third kappa shape index (κ3) is 4.65. The van der Waals surface area contributed by atoms with Gasteiger partial charge in [0.25, 0.3) is 0 Å². The fourth-order valence-electron chi connectivity index (χ4n) is 1.56. The topological polar surface area (TPSA) is 85.4 Å². The molecular weight excluding hydrogens is 260 g/mol. The van der Waals surface area contributed by atoms with Gasteiger partial charge in [-0.15, -0.1) is 0 Å². The molecule has 0 aliphatic carbocycles. The summed E-state index contributed by atoms with van der Waals surface area (Å²) in [6.07, 6.45) is 1.41. The molecule has 0 saturated carbocycles. The molecule has 0 aliphatic rings. The number of aromatic nitrogens is 2. The molecule has 7 nitrogen and oxygen atoms in total. The van der Waals surface area contributed by atoms with Crippen LogP contribution in [-0.4, -0.2) is 48.8 Å². The van der Waals surface area contributed by atoms with Crippen molar-refractivity contribution in [3.05, 3.63) is 11.9 Å². The maximum atomic E-state index is 11.8. The molecule has 1 aromatic rings. The summed E-state index contributed by atoms with van der Waals surface area (Å²) in [6.45, 7) is 7.01. The van der Waals surface area contributed by atoms with E-state index in [4.69, 9.17) is 9.47 Å². The van der Waals surface area contributed by atoms with Crippen LogP contribution in [0.25, 0.3) is 0 Å². The Kier molecular flexibility index (Phi) is 6.72. The zero-order valence-corrected chi connectivity index (χ0v) is 12.4.